The molecule has 4 aromatic rings. The number of nitrogens with zero attached hydrogens (tertiary/aromatic N) is 1. The monoisotopic (exact) mass is 479 g/mol. The molecule has 1 aromatic heterocycles. The summed E-state index contributed by atoms with van der Waals surface area (Å²) in [5.74, 6) is 0.971. The Hall–Kier alpha value is -3.65. The summed E-state index contributed by atoms with van der Waals surface area (Å²) >= 11 is 3.43. The summed E-state index contributed by atoms with van der Waals surface area (Å²) in [4.78, 5) is 32.2. The molecule has 0 atom stereocenters. The number of fused-ring (bicyclic) bond motifs is 1. The van der Waals surface area contributed by atoms with Crippen LogP contribution >= 0.6 is 15.9 Å². The third kappa shape index (κ3) is 4.59. The molecular weight excluding hydrogens is 462 g/mol. The summed E-state index contributed by atoms with van der Waals surface area (Å²) in [7, 11) is 1.53. The zero-order valence-corrected chi connectivity index (χ0v) is 18.1. The Labute approximate surface area is 186 Å². The molecule has 0 aliphatic heterocycles. The lowest BCUT2D eigenvalue weighted by atomic mass is 10.1. The smallest absolute Gasteiger partial charge is 0.262 e. The van der Waals surface area contributed by atoms with E-state index >= 15 is 0 Å². The van der Waals surface area contributed by atoms with Crippen LogP contribution in [0.5, 0.6) is 11.5 Å². The molecule has 0 fully saturated rings. The minimum absolute atomic E-state index is 0.232. The highest BCUT2D eigenvalue weighted by molar-refractivity contribution is 9.10. The van der Waals surface area contributed by atoms with Gasteiger partial charge >= 0.3 is 0 Å². The second-order valence-electron chi connectivity index (χ2n) is 6.61. The molecule has 0 spiro atoms. The number of aromatic amines is 1. The number of aromatic nitrogens is 2. The van der Waals surface area contributed by atoms with Gasteiger partial charge in [0.25, 0.3) is 11.5 Å². The van der Waals surface area contributed by atoms with Gasteiger partial charge in [-0.1, -0.05) is 40.2 Å². The van der Waals surface area contributed by atoms with E-state index in [1.165, 1.54) is 7.11 Å². The Morgan fingerprint density at radius 1 is 1.06 bits per heavy atom. The second-order valence-corrected chi connectivity index (χ2v) is 7.52. The van der Waals surface area contributed by atoms with Gasteiger partial charge in [-0.25, -0.2) is 4.98 Å². The molecule has 31 heavy (non-hydrogen) atoms. The molecule has 0 unspecified atom stereocenters. The topological polar surface area (TPSA) is 93.3 Å². The molecule has 0 aliphatic rings. The highest BCUT2D eigenvalue weighted by Crippen LogP contribution is 2.31. The Bertz CT molecular complexity index is 1320. The number of nitrogens with one attached hydrogen (secondary N) is 2. The molecule has 4 rings (SSSR count). The predicted molar refractivity (Wildman–Crippen MR) is 123 cm³/mol. The van der Waals surface area contributed by atoms with Crippen LogP contribution in [-0.4, -0.2) is 29.6 Å². The normalized spacial score (nSPS) is 10.6. The number of carbonyl (C=O) groups is 1. The van der Waals surface area contributed by atoms with Crippen molar-refractivity contribution in [1.82, 2.24) is 9.97 Å². The van der Waals surface area contributed by atoms with Crippen LogP contribution in [0.1, 0.15) is 0 Å². The van der Waals surface area contributed by atoms with Crippen LogP contribution in [-0.2, 0) is 4.79 Å². The van der Waals surface area contributed by atoms with Crippen molar-refractivity contribution in [2.75, 3.05) is 19.0 Å². The van der Waals surface area contributed by atoms with E-state index in [1.54, 1.807) is 54.6 Å². The number of rotatable bonds is 6. The van der Waals surface area contributed by atoms with Crippen LogP contribution in [0, 0.1) is 0 Å². The first-order valence-electron chi connectivity index (χ1n) is 9.40. The molecule has 0 saturated carbocycles. The van der Waals surface area contributed by atoms with Crippen LogP contribution in [0.3, 0.4) is 0 Å². The molecule has 0 bridgehead atoms. The van der Waals surface area contributed by atoms with Crippen molar-refractivity contribution >= 4 is 38.4 Å². The summed E-state index contributed by atoms with van der Waals surface area (Å²) in [6.07, 6.45) is 0. The molecule has 0 saturated heterocycles. The van der Waals surface area contributed by atoms with Crippen LogP contribution in [0.2, 0.25) is 0 Å². The lowest BCUT2D eigenvalue weighted by molar-refractivity contribution is -0.118. The lowest BCUT2D eigenvalue weighted by Crippen LogP contribution is -2.20. The van der Waals surface area contributed by atoms with Crippen LogP contribution in [0.15, 0.2) is 76.0 Å². The summed E-state index contributed by atoms with van der Waals surface area (Å²) in [6, 6.07) is 19.5. The average Bonchev–Trinajstić information content (AvgIpc) is 2.78. The molecule has 156 valence electrons. The minimum atomic E-state index is -0.349. The molecule has 2 N–H and O–H groups in total. The fraction of sp³-hybridized carbons (Fsp3) is 0.0870. The Morgan fingerprint density at radius 2 is 1.84 bits per heavy atom. The molecule has 7 nitrogen and oxygen atoms in total. The first-order valence-corrected chi connectivity index (χ1v) is 10.2. The maximum absolute atomic E-state index is 12.5. The fourth-order valence-corrected chi connectivity index (χ4v) is 3.47. The number of para-hydroxylation sites is 3. The molecule has 0 aliphatic carbocycles. The summed E-state index contributed by atoms with van der Waals surface area (Å²) in [6.45, 7) is -0.232. The number of halogens is 1. The van der Waals surface area contributed by atoms with Gasteiger partial charge < -0.3 is 19.8 Å². The van der Waals surface area contributed by atoms with Crippen LogP contribution < -0.4 is 20.3 Å². The molecular formula is C23H18BrN3O4. The minimum Gasteiger partial charge on any atom is -0.495 e. The third-order valence-corrected chi connectivity index (χ3v) is 5.04. The first kappa shape index (κ1) is 20.6. The summed E-state index contributed by atoms with van der Waals surface area (Å²) < 4.78 is 11.8. The van der Waals surface area contributed by atoms with Gasteiger partial charge in [0.15, 0.2) is 6.61 Å². The number of ether oxygens (including phenoxy) is 2. The van der Waals surface area contributed by atoms with E-state index in [0.29, 0.717) is 39.5 Å². The molecule has 8 heteroatoms. The van der Waals surface area contributed by atoms with Crippen molar-refractivity contribution in [3.05, 3.63) is 81.6 Å². The van der Waals surface area contributed by atoms with Gasteiger partial charge in [-0.15, -0.1) is 0 Å². The van der Waals surface area contributed by atoms with Crippen molar-refractivity contribution in [3.8, 4) is 22.9 Å². The summed E-state index contributed by atoms with van der Waals surface area (Å²) in [5.41, 5.74) is 1.43. The Morgan fingerprint density at radius 3 is 2.68 bits per heavy atom. The van der Waals surface area contributed by atoms with Crippen molar-refractivity contribution in [1.29, 1.82) is 0 Å². The quantitative estimate of drug-likeness (QED) is 0.428. The lowest BCUT2D eigenvalue weighted by Gasteiger charge is -2.13. The standard InChI is InChI=1S/C23H18BrN3O4/c1-30-20-9-5-4-8-18(20)25-21(28)13-31-19-11-10-14(24)12-16(19)22-26-17-7-3-2-6-15(17)23(29)27-22/h2-12H,13H2,1H3,(H,25,28)(H,26,27,29). The average molecular weight is 480 g/mol. The number of carbonyl (C=O) groups excluding carboxylic acids is 1. The Balaban J connectivity index is 1.59. The fourth-order valence-electron chi connectivity index (χ4n) is 3.10. The van der Waals surface area contributed by atoms with Crippen molar-refractivity contribution in [3.63, 3.8) is 0 Å². The largest absolute Gasteiger partial charge is 0.495 e. The van der Waals surface area contributed by atoms with E-state index in [1.807, 2.05) is 12.1 Å². The van der Waals surface area contributed by atoms with E-state index in [2.05, 4.69) is 31.2 Å². The molecule has 1 amide bonds. The van der Waals surface area contributed by atoms with E-state index in [0.717, 1.165) is 4.47 Å². The molecule has 1 heterocycles. The van der Waals surface area contributed by atoms with Gasteiger partial charge in [-0.05, 0) is 42.5 Å². The molecule has 0 radical (unpaired) electrons. The van der Waals surface area contributed by atoms with E-state index < -0.39 is 0 Å². The van der Waals surface area contributed by atoms with Crippen LogP contribution in [0.25, 0.3) is 22.3 Å². The SMILES string of the molecule is COc1ccccc1NC(=O)COc1ccc(Br)cc1-c1nc2ccccc2c(=O)[nH]1. The number of hydrogen-bond donors (Lipinski definition) is 2. The van der Waals surface area contributed by atoms with Gasteiger partial charge in [0, 0.05) is 4.47 Å². The number of H-pyrrole nitrogens is 1. The Kier molecular flexibility index (Phi) is 5.99. The summed E-state index contributed by atoms with van der Waals surface area (Å²) in [5, 5.41) is 3.26. The first-order chi connectivity index (χ1) is 15.0. The third-order valence-electron chi connectivity index (χ3n) is 4.55. The highest BCUT2D eigenvalue weighted by Gasteiger charge is 2.14. The highest BCUT2D eigenvalue weighted by atomic mass is 79.9. The van der Waals surface area contributed by atoms with Crippen molar-refractivity contribution < 1.29 is 14.3 Å². The molecule has 3 aromatic carbocycles. The van der Waals surface area contributed by atoms with Gasteiger partial charge in [0.1, 0.15) is 17.3 Å². The number of methoxy groups -OCH3 is 1. The number of amides is 1. The van der Waals surface area contributed by atoms with Gasteiger partial charge in [-0.3, -0.25) is 9.59 Å². The number of anilines is 1. The van der Waals surface area contributed by atoms with E-state index in [4.69, 9.17) is 9.47 Å². The van der Waals surface area contributed by atoms with Gasteiger partial charge in [0.05, 0.1) is 29.3 Å². The van der Waals surface area contributed by atoms with E-state index in [-0.39, 0.29) is 18.1 Å². The van der Waals surface area contributed by atoms with Gasteiger partial charge in [-0.2, -0.15) is 0 Å². The second kappa shape index (κ2) is 9.01. The maximum atomic E-state index is 12.5. The van der Waals surface area contributed by atoms with Crippen LogP contribution in [0.4, 0.5) is 5.69 Å². The number of hydrogen-bond acceptors (Lipinski definition) is 5. The zero-order valence-electron chi connectivity index (χ0n) is 16.5. The van der Waals surface area contributed by atoms with Crippen molar-refractivity contribution in [2.45, 2.75) is 0 Å². The predicted octanol–water partition coefficient (Wildman–Crippen LogP) is 4.38. The van der Waals surface area contributed by atoms with Gasteiger partial charge in [0.2, 0.25) is 0 Å². The van der Waals surface area contributed by atoms with E-state index in [9.17, 15) is 9.59 Å². The van der Waals surface area contributed by atoms with Crippen molar-refractivity contribution in [2.24, 2.45) is 0 Å². The zero-order chi connectivity index (χ0) is 21.8. The number of benzene rings is 3. The maximum Gasteiger partial charge on any atom is 0.262 e.